The van der Waals surface area contributed by atoms with E-state index in [1.165, 1.54) is 0 Å². The van der Waals surface area contributed by atoms with Crippen LogP contribution in [0.3, 0.4) is 0 Å². The predicted molar refractivity (Wildman–Crippen MR) is 109 cm³/mol. The number of carboxylic acid groups (broad SMARTS) is 3. The third-order valence-corrected chi connectivity index (χ3v) is 5.16. The molecule has 0 saturated carbocycles. The number of rotatable bonds is 10. The minimum Gasteiger partial charge on any atom is -0.480 e. The first kappa shape index (κ1) is 26.0. The molecule has 1 atom stereocenters. The number of aliphatic carboxylic acids is 3. The average Bonchev–Trinajstić information content (AvgIpc) is 2.65. The molecular formula is C19H34N4O7. The molecule has 1 unspecified atom stereocenters. The number of carboxylic acids is 3. The molecule has 30 heavy (non-hydrogen) atoms. The minimum atomic E-state index is -0.990. The van der Waals surface area contributed by atoms with E-state index in [0.717, 1.165) is 12.7 Å². The smallest absolute Gasteiger partial charge is 0.317 e. The monoisotopic (exact) mass is 430 g/mol. The van der Waals surface area contributed by atoms with Gasteiger partial charge in [-0.25, -0.2) is 0 Å². The number of hydrogen-bond acceptors (Lipinski definition) is 8. The maximum absolute atomic E-state index is 11.6. The average molecular weight is 431 g/mol. The second-order valence-corrected chi connectivity index (χ2v) is 7.54. The molecule has 0 spiro atoms. The zero-order valence-corrected chi connectivity index (χ0v) is 17.6. The summed E-state index contributed by atoms with van der Waals surface area (Å²) >= 11 is 0. The maximum atomic E-state index is 11.6. The lowest BCUT2D eigenvalue weighted by atomic mass is 10.1. The van der Waals surface area contributed by atoms with Gasteiger partial charge >= 0.3 is 17.9 Å². The van der Waals surface area contributed by atoms with Gasteiger partial charge in [0, 0.05) is 52.4 Å². The Morgan fingerprint density at radius 3 is 1.33 bits per heavy atom. The van der Waals surface area contributed by atoms with E-state index in [0.29, 0.717) is 58.8 Å². The summed E-state index contributed by atoms with van der Waals surface area (Å²) in [6.07, 6.45) is 2.39. The lowest BCUT2D eigenvalue weighted by molar-refractivity contribution is -0.140. The van der Waals surface area contributed by atoms with E-state index in [9.17, 15) is 29.4 Å². The standard InChI is InChI=1S/C19H34N4O7/c1-2-3-16(15-24)23-10-8-21(13-18(27)28)6-4-20(12-17(25)26)5-7-22(9-11-23)14-19(29)30/h15-16H,2-14H2,1H3,(H,25,26)(H,27,28)(H,29,30). The zero-order valence-electron chi connectivity index (χ0n) is 17.6. The van der Waals surface area contributed by atoms with Crippen molar-refractivity contribution >= 4 is 24.2 Å². The first-order chi connectivity index (χ1) is 14.2. The second-order valence-electron chi connectivity index (χ2n) is 7.54. The molecule has 0 aromatic heterocycles. The highest BCUT2D eigenvalue weighted by molar-refractivity contribution is 5.70. The zero-order chi connectivity index (χ0) is 22.5. The van der Waals surface area contributed by atoms with Crippen LogP contribution in [0.5, 0.6) is 0 Å². The van der Waals surface area contributed by atoms with Crippen molar-refractivity contribution in [2.75, 3.05) is 72.0 Å². The van der Waals surface area contributed by atoms with Gasteiger partial charge in [-0.05, 0) is 6.42 Å². The van der Waals surface area contributed by atoms with Gasteiger partial charge in [0.05, 0.1) is 25.7 Å². The van der Waals surface area contributed by atoms with E-state index in [1.807, 2.05) is 11.8 Å². The maximum Gasteiger partial charge on any atom is 0.317 e. The third kappa shape index (κ3) is 10.6. The molecule has 0 bridgehead atoms. The second kappa shape index (κ2) is 14.0. The molecule has 11 heteroatoms. The van der Waals surface area contributed by atoms with Crippen LogP contribution < -0.4 is 0 Å². The van der Waals surface area contributed by atoms with Crippen LogP contribution in [0.25, 0.3) is 0 Å². The van der Waals surface area contributed by atoms with E-state index in [2.05, 4.69) is 0 Å². The van der Waals surface area contributed by atoms with Crippen molar-refractivity contribution in [1.82, 2.24) is 19.6 Å². The van der Waals surface area contributed by atoms with Gasteiger partial charge < -0.3 is 20.1 Å². The molecule has 1 aliphatic rings. The Balaban J connectivity index is 3.00. The topological polar surface area (TPSA) is 142 Å². The Morgan fingerprint density at radius 2 is 1.07 bits per heavy atom. The Bertz CT molecular complexity index is 543. The van der Waals surface area contributed by atoms with Gasteiger partial charge in [-0.15, -0.1) is 0 Å². The predicted octanol–water partition coefficient (Wildman–Crippen LogP) is -1.17. The molecule has 3 N–H and O–H groups in total. The number of carbonyl (C=O) groups is 4. The number of aldehydes is 1. The fraction of sp³-hybridized carbons (Fsp3) is 0.789. The summed E-state index contributed by atoms with van der Waals surface area (Å²) in [6, 6.07) is -0.306. The Morgan fingerprint density at radius 1 is 0.733 bits per heavy atom. The summed E-state index contributed by atoms with van der Waals surface area (Å²) < 4.78 is 0. The number of nitrogens with zero attached hydrogens (tertiary/aromatic N) is 4. The summed E-state index contributed by atoms with van der Waals surface area (Å²) in [6.45, 7) is 4.67. The van der Waals surface area contributed by atoms with Crippen LogP contribution in [-0.4, -0.2) is 137 Å². The summed E-state index contributed by atoms with van der Waals surface area (Å²) in [7, 11) is 0. The summed E-state index contributed by atoms with van der Waals surface area (Å²) in [5.74, 6) is -2.92. The molecular weight excluding hydrogens is 396 g/mol. The highest BCUT2D eigenvalue weighted by Gasteiger charge is 2.23. The van der Waals surface area contributed by atoms with Gasteiger partial charge in [0.2, 0.25) is 0 Å². The molecule has 172 valence electrons. The lowest BCUT2D eigenvalue weighted by Gasteiger charge is -2.35. The largest absolute Gasteiger partial charge is 0.480 e. The van der Waals surface area contributed by atoms with Crippen LogP contribution in [0.2, 0.25) is 0 Å². The van der Waals surface area contributed by atoms with Crippen molar-refractivity contribution in [2.45, 2.75) is 25.8 Å². The van der Waals surface area contributed by atoms with Crippen LogP contribution >= 0.6 is 0 Å². The van der Waals surface area contributed by atoms with Gasteiger partial charge in [-0.3, -0.25) is 34.0 Å². The van der Waals surface area contributed by atoms with Crippen LogP contribution in [-0.2, 0) is 19.2 Å². The van der Waals surface area contributed by atoms with E-state index in [1.54, 1.807) is 14.7 Å². The molecule has 1 saturated heterocycles. The summed E-state index contributed by atoms with van der Waals surface area (Å²) in [4.78, 5) is 52.4. The van der Waals surface area contributed by atoms with Crippen LogP contribution in [0, 0.1) is 0 Å². The highest BCUT2D eigenvalue weighted by atomic mass is 16.4. The Hall–Kier alpha value is -2.08. The van der Waals surface area contributed by atoms with Crippen molar-refractivity contribution < 1.29 is 34.5 Å². The van der Waals surface area contributed by atoms with Gasteiger partial charge in [-0.2, -0.15) is 0 Å². The molecule has 1 heterocycles. The van der Waals surface area contributed by atoms with Crippen molar-refractivity contribution in [3.8, 4) is 0 Å². The first-order valence-corrected chi connectivity index (χ1v) is 10.3. The van der Waals surface area contributed by atoms with Crippen molar-refractivity contribution in [1.29, 1.82) is 0 Å². The van der Waals surface area contributed by atoms with Crippen molar-refractivity contribution in [3.05, 3.63) is 0 Å². The number of carbonyl (C=O) groups excluding carboxylic acids is 1. The van der Waals surface area contributed by atoms with E-state index < -0.39 is 17.9 Å². The molecule has 1 rings (SSSR count). The molecule has 1 fully saturated rings. The van der Waals surface area contributed by atoms with E-state index in [-0.39, 0.29) is 25.7 Å². The molecule has 0 amide bonds. The van der Waals surface area contributed by atoms with Crippen molar-refractivity contribution in [2.24, 2.45) is 0 Å². The Labute approximate surface area is 176 Å². The van der Waals surface area contributed by atoms with Gasteiger partial charge in [0.15, 0.2) is 0 Å². The highest BCUT2D eigenvalue weighted by Crippen LogP contribution is 2.08. The first-order valence-electron chi connectivity index (χ1n) is 10.3. The summed E-state index contributed by atoms with van der Waals surface area (Å²) in [5, 5.41) is 27.6. The van der Waals surface area contributed by atoms with Crippen LogP contribution in [0.1, 0.15) is 19.8 Å². The fourth-order valence-corrected chi connectivity index (χ4v) is 3.56. The third-order valence-electron chi connectivity index (χ3n) is 5.16. The van der Waals surface area contributed by atoms with Gasteiger partial charge in [0.25, 0.3) is 0 Å². The minimum absolute atomic E-state index is 0.167. The lowest BCUT2D eigenvalue weighted by Crippen LogP contribution is -2.50. The van der Waals surface area contributed by atoms with Crippen molar-refractivity contribution in [3.63, 3.8) is 0 Å². The molecule has 1 aliphatic heterocycles. The van der Waals surface area contributed by atoms with Crippen LogP contribution in [0.4, 0.5) is 0 Å². The SMILES string of the molecule is CCCC(C=O)N1CCN(CC(=O)O)CCN(CC(=O)O)CCN(CC(=O)O)CC1. The number of hydrogen-bond donors (Lipinski definition) is 3. The van der Waals surface area contributed by atoms with E-state index >= 15 is 0 Å². The molecule has 0 aromatic rings. The fourth-order valence-electron chi connectivity index (χ4n) is 3.56. The summed E-state index contributed by atoms with van der Waals surface area (Å²) in [5.41, 5.74) is 0. The molecule has 11 nitrogen and oxygen atoms in total. The normalized spacial score (nSPS) is 20.0. The Kier molecular flexibility index (Phi) is 12.1. The van der Waals surface area contributed by atoms with Gasteiger partial charge in [0.1, 0.15) is 6.29 Å². The quantitative estimate of drug-likeness (QED) is 0.361. The van der Waals surface area contributed by atoms with Gasteiger partial charge in [-0.1, -0.05) is 13.3 Å². The molecule has 0 radical (unpaired) electrons. The molecule has 0 aliphatic carbocycles. The van der Waals surface area contributed by atoms with Crippen LogP contribution in [0.15, 0.2) is 0 Å². The molecule has 0 aromatic carbocycles. The van der Waals surface area contributed by atoms with E-state index in [4.69, 9.17) is 5.11 Å².